The Kier molecular flexibility index (Phi) is 6.25. The molecule has 28 heavy (non-hydrogen) atoms. The number of hydrogen-bond donors (Lipinski definition) is 3. The van der Waals surface area contributed by atoms with Crippen molar-refractivity contribution in [2.75, 3.05) is 19.8 Å². The molecular weight excluding hydrogens is 372 g/mol. The number of amides is 2. The average molecular weight is 392 g/mol. The number of carbonyl (C=O) groups excluding carboxylic acids is 2. The number of fused-ring (bicyclic) bond motifs is 1. The molecule has 1 saturated heterocycles. The minimum Gasteiger partial charge on any atom is -0.394 e. The normalized spacial score (nSPS) is 29.5. The zero-order chi connectivity index (χ0) is 20.3. The van der Waals surface area contributed by atoms with Gasteiger partial charge in [-0.1, -0.05) is 17.2 Å². The molecule has 0 spiro atoms. The van der Waals surface area contributed by atoms with Gasteiger partial charge < -0.3 is 24.8 Å². The maximum Gasteiger partial charge on any atom is 0.262 e. The summed E-state index contributed by atoms with van der Waals surface area (Å²) in [4.78, 5) is 29.0. The van der Waals surface area contributed by atoms with Crippen molar-refractivity contribution < 1.29 is 34.4 Å². The number of hydrogen-bond acceptors (Lipinski definition) is 8. The lowest BCUT2D eigenvalue weighted by molar-refractivity contribution is -0.279. The molecule has 0 bridgehead atoms. The SMILES string of the molecule is [N-]=[N+]=NCCCO[C@@H]1OC(CO)[C@@H](O)[C@H](O)C1N1C(=O)c2ccccc2C1=O. The van der Waals surface area contributed by atoms with Crippen LogP contribution in [0.5, 0.6) is 0 Å². The number of aliphatic hydroxyl groups excluding tert-OH is 3. The van der Waals surface area contributed by atoms with Crippen molar-refractivity contribution in [2.45, 2.75) is 37.1 Å². The molecule has 2 heterocycles. The van der Waals surface area contributed by atoms with E-state index in [2.05, 4.69) is 10.0 Å². The molecule has 11 heteroatoms. The molecular formula is C17H20N4O7. The van der Waals surface area contributed by atoms with Gasteiger partial charge in [0.15, 0.2) is 6.29 Å². The lowest BCUT2D eigenvalue weighted by Crippen LogP contribution is -2.65. The Morgan fingerprint density at radius 1 is 1.18 bits per heavy atom. The summed E-state index contributed by atoms with van der Waals surface area (Å²) in [5.74, 6) is -1.27. The van der Waals surface area contributed by atoms with Gasteiger partial charge in [-0.05, 0) is 24.1 Å². The Morgan fingerprint density at radius 3 is 2.39 bits per heavy atom. The molecule has 150 valence electrons. The summed E-state index contributed by atoms with van der Waals surface area (Å²) in [5.41, 5.74) is 8.66. The lowest BCUT2D eigenvalue weighted by atomic mass is 9.95. The van der Waals surface area contributed by atoms with E-state index in [1.807, 2.05) is 0 Å². The fraction of sp³-hybridized carbons (Fsp3) is 0.529. The van der Waals surface area contributed by atoms with Gasteiger partial charge in [-0.15, -0.1) is 0 Å². The van der Waals surface area contributed by atoms with Crippen molar-refractivity contribution >= 4 is 11.8 Å². The molecule has 0 aliphatic carbocycles. The summed E-state index contributed by atoms with van der Waals surface area (Å²) >= 11 is 0. The third kappa shape index (κ3) is 3.59. The molecule has 0 aromatic heterocycles. The van der Waals surface area contributed by atoms with Gasteiger partial charge in [0.05, 0.1) is 17.7 Å². The van der Waals surface area contributed by atoms with Crippen molar-refractivity contribution in [3.8, 4) is 0 Å². The first-order valence-corrected chi connectivity index (χ1v) is 8.73. The van der Waals surface area contributed by atoms with E-state index in [9.17, 15) is 24.9 Å². The fourth-order valence-electron chi connectivity index (χ4n) is 3.34. The summed E-state index contributed by atoms with van der Waals surface area (Å²) in [5, 5.41) is 33.6. The molecule has 11 nitrogen and oxygen atoms in total. The van der Waals surface area contributed by atoms with Crippen molar-refractivity contribution in [3.05, 3.63) is 45.8 Å². The Labute approximate surface area is 159 Å². The molecule has 2 unspecified atom stereocenters. The maximum atomic E-state index is 12.8. The van der Waals surface area contributed by atoms with Gasteiger partial charge in [-0.3, -0.25) is 14.5 Å². The molecule has 2 aliphatic rings. The number of benzene rings is 1. The number of azide groups is 1. The summed E-state index contributed by atoms with van der Waals surface area (Å²) in [6.07, 6.45) is -5.20. The molecule has 0 saturated carbocycles. The summed E-state index contributed by atoms with van der Waals surface area (Å²) in [7, 11) is 0. The number of rotatable bonds is 7. The van der Waals surface area contributed by atoms with E-state index in [0.29, 0.717) is 6.42 Å². The zero-order valence-electron chi connectivity index (χ0n) is 14.8. The molecule has 1 aromatic rings. The average Bonchev–Trinajstić information content (AvgIpc) is 2.95. The molecule has 1 aromatic carbocycles. The lowest BCUT2D eigenvalue weighted by Gasteiger charge is -2.44. The van der Waals surface area contributed by atoms with Crippen LogP contribution in [0.4, 0.5) is 0 Å². The fourth-order valence-corrected chi connectivity index (χ4v) is 3.34. The minimum absolute atomic E-state index is 0.0460. The first-order valence-electron chi connectivity index (χ1n) is 8.73. The van der Waals surface area contributed by atoms with Gasteiger partial charge in [-0.25, -0.2) is 0 Å². The maximum absolute atomic E-state index is 12.8. The predicted octanol–water partition coefficient (Wildman–Crippen LogP) is -0.193. The van der Waals surface area contributed by atoms with Crippen molar-refractivity contribution in [1.29, 1.82) is 0 Å². The van der Waals surface area contributed by atoms with Gasteiger partial charge in [0, 0.05) is 18.1 Å². The van der Waals surface area contributed by atoms with Crippen molar-refractivity contribution in [2.24, 2.45) is 5.11 Å². The second-order valence-corrected chi connectivity index (χ2v) is 6.40. The van der Waals surface area contributed by atoms with E-state index in [4.69, 9.17) is 15.0 Å². The number of carbonyl (C=O) groups is 2. The van der Waals surface area contributed by atoms with Crippen molar-refractivity contribution in [1.82, 2.24) is 4.90 Å². The highest BCUT2D eigenvalue weighted by atomic mass is 16.7. The zero-order valence-corrected chi connectivity index (χ0v) is 14.8. The molecule has 3 N–H and O–H groups in total. The van der Waals surface area contributed by atoms with E-state index in [1.165, 1.54) is 12.1 Å². The Morgan fingerprint density at radius 2 is 1.82 bits per heavy atom. The van der Waals surface area contributed by atoms with Gasteiger partial charge in [0.2, 0.25) is 0 Å². The smallest absolute Gasteiger partial charge is 0.262 e. The van der Waals surface area contributed by atoms with Crippen LogP contribution in [-0.2, 0) is 9.47 Å². The second-order valence-electron chi connectivity index (χ2n) is 6.40. The third-order valence-electron chi connectivity index (χ3n) is 4.72. The van der Waals surface area contributed by atoms with Crippen LogP contribution in [0.1, 0.15) is 27.1 Å². The summed E-state index contributed by atoms with van der Waals surface area (Å²) < 4.78 is 11.1. The molecule has 5 atom stereocenters. The van der Waals surface area contributed by atoms with Crippen LogP contribution in [-0.4, -0.2) is 82.4 Å². The number of aliphatic hydroxyl groups is 3. The standard InChI is InChI=1S/C17H20N4O7/c18-20-19-6-3-7-27-17-12(14(24)13(23)11(8-22)28-17)21-15(25)9-4-1-2-5-10(9)16(21)26/h1-2,4-5,11-14,17,22-24H,3,6-8H2/t11?,12?,13-,14-,17-/m1/s1. The third-order valence-corrected chi connectivity index (χ3v) is 4.72. The van der Waals surface area contributed by atoms with Gasteiger partial charge in [-0.2, -0.15) is 0 Å². The quantitative estimate of drug-likeness (QED) is 0.190. The Hall–Kier alpha value is -2.53. The van der Waals surface area contributed by atoms with Crippen LogP contribution in [0, 0.1) is 0 Å². The number of imide groups is 1. The summed E-state index contributed by atoms with van der Waals surface area (Å²) in [6.45, 7) is -0.383. The number of nitrogens with zero attached hydrogens (tertiary/aromatic N) is 4. The van der Waals surface area contributed by atoms with E-state index < -0.39 is 49.1 Å². The molecule has 2 aliphatic heterocycles. The second kappa shape index (κ2) is 8.65. The van der Waals surface area contributed by atoms with Crippen molar-refractivity contribution in [3.63, 3.8) is 0 Å². The molecule has 0 radical (unpaired) electrons. The van der Waals surface area contributed by atoms with Crippen LogP contribution in [0.3, 0.4) is 0 Å². The first-order chi connectivity index (χ1) is 13.5. The van der Waals surface area contributed by atoms with E-state index in [-0.39, 0.29) is 24.3 Å². The molecule has 1 fully saturated rings. The predicted molar refractivity (Wildman–Crippen MR) is 93.1 cm³/mol. The largest absolute Gasteiger partial charge is 0.394 e. The van der Waals surface area contributed by atoms with Crippen LogP contribution >= 0.6 is 0 Å². The highest BCUT2D eigenvalue weighted by Gasteiger charge is 2.53. The van der Waals surface area contributed by atoms with Gasteiger partial charge in [0.25, 0.3) is 11.8 Å². The molecule has 3 rings (SSSR count). The van der Waals surface area contributed by atoms with E-state index in [1.54, 1.807) is 12.1 Å². The highest BCUT2D eigenvalue weighted by Crippen LogP contribution is 2.32. The van der Waals surface area contributed by atoms with Crippen LogP contribution in [0.15, 0.2) is 29.4 Å². The van der Waals surface area contributed by atoms with Gasteiger partial charge in [0.1, 0.15) is 24.4 Å². The Balaban J connectivity index is 1.85. The van der Waals surface area contributed by atoms with Crippen LogP contribution in [0.2, 0.25) is 0 Å². The Bertz CT molecular complexity index is 762. The van der Waals surface area contributed by atoms with Crippen LogP contribution in [0.25, 0.3) is 10.4 Å². The monoisotopic (exact) mass is 392 g/mol. The van der Waals surface area contributed by atoms with E-state index >= 15 is 0 Å². The number of ether oxygens (including phenoxy) is 2. The topological polar surface area (TPSA) is 165 Å². The minimum atomic E-state index is -1.59. The summed E-state index contributed by atoms with van der Waals surface area (Å²) in [6, 6.07) is 4.90. The first kappa shape index (κ1) is 20.2. The molecule has 2 amide bonds. The highest BCUT2D eigenvalue weighted by molar-refractivity contribution is 6.21. The van der Waals surface area contributed by atoms with Gasteiger partial charge >= 0.3 is 0 Å². The van der Waals surface area contributed by atoms with E-state index in [0.717, 1.165) is 4.90 Å². The van der Waals surface area contributed by atoms with Crippen LogP contribution < -0.4 is 0 Å².